The molecule has 2 aromatic carbocycles. The Bertz CT molecular complexity index is 1060. The summed E-state index contributed by atoms with van der Waals surface area (Å²) in [7, 11) is 1.53. The van der Waals surface area contributed by atoms with Crippen LogP contribution in [0.25, 0.3) is 5.57 Å². The van der Waals surface area contributed by atoms with E-state index in [0.717, 1.165) is 31.5 Å². The number of carbonyl (C=O) groups is 3. The quantitative estimate of drug-likeness (QED) is 0.367. The number of benzene rings is 2. The fraction of sp³-hybridized carbons (Fsp3) is 0.346. The van der Waals surface area contributed by atoms with Gasteiger partial charge < -0.3 is 14.4 Å². The lowest BCUT2D eigenvalue weighted by Gasteiger charge is -2.33. The molecule has 0 bridgehead atoms. The maximum atomic E-state index is 13.6. The Hall–Kier alpha value is -3.45. The minimum atomic E-state index is -0.483. The Kier molecular flexibility index (Phi) is 6.89. The fourth-order valence-corrected chi connectivity index (χ4v) is 4.35. The van der Waals surface area contributed by atoms with E-state index in [0.29, 0.717) is 35.0 Å². The second-order valence-corrected chi connectivity index (χ2v) is 8.40. The Morgan fingerprint density at radius 2 is 1.73 bits per heavy atom. The van der Waals surface area contributed by atoms with Gasteiger partial charge in [-0.05, 0) is 48.6 Å². The molecule has 2 aromatic rings. The maximum Gasteiger partial charge on any atom is 0.338 e. The third-order valence-electron chi connectivity index (χ3n) is 5.98. The van der Waals surface area contributed by atoms with Gasteiger partial charge in [0.05, 0.1) is 23.4 Å². The van der Waals surface area contributed by atoms with Crippen LogP contribution < -0.4 is 4.90 Å². The second-order valence-electron chi connectivity index (χ2n) is 8.40. The van der Waals surface area contributed by atoms with Crippen LogP contribution in [0.4, 0.5) is 5.69 Å². The number of hydrogen-bond acceptors (Lipinski definition) is 6. The van der Waals surface area contributed by atoms with Crippen molar-refractivity contribution >= 4 is 29.0 Å². The molecule has 1 fully saturated rings. The van der Waals surface area contributed by atoms with Crippen molar-refractivity contribution in [2.24, 2.45) is 5.92 Å². The van der Waals surface area contributed by atoms with Crippen LogP contribution in [0, 0.1) is 5.92 Å². The van der Waals surface area contributed by atoms with E-state index in [1.54, 1.807) is 24.3 Å². The molecular formula is C26H28N2O5. The number of hydrogen-bond donors (Lipinski definition) is 0. The number of nitrogens with zero attached hydrogens (tertiary/aromatic N) is 2. The number of carbonyl (C=O) groups excluding carboxylic acids is 3. The molecule has 2 aliphatic rings. The van der Waals surface area contributed by atoms with Crippen molar-refractivity contribution in [1.29, 1.82) is 0 Å². The third kappa shape index (κ3) is 4.68. The van der Waals surface area contributed by atoms with Gasteiger partial charge in [0.1, 0.15) is 12.3 Å². The maximum absolute atomic E-state index is 13.6. The topological polar surface area (TPSA) is 76.2 Å². The molecule has 33 heavy (non-hydrogen) atoms. The lowest BCUT2D eigenvalue weighted by Crippen LogP contribution is -2.39. The largest absolute Gasteiger partial charge is 0.460 e. The second kappa shape index (κ2) is 10.0. The molecule has 1 saturated heterocycles. The molecule has 7 nitrogen and oxygen atoms in total. The molecule has 0 N–H and O–H groups in total. The van der Waals surface area contributed by atoms with Crippen molar-refractivity contribution in [3.8, 4) is 0 Å². The smallest absolute Gasteiger partial charge is 0.338 e. The first-order valence-corrected chi connectivity index (χ1v) is 11.2. The summed E-state index contributed by atoms with van der Waals surface area (Å²) in [5, 5.41) is 0. The Morgan fingerprint density at radius 1 is 1.00 bits per heavy atom. The molecule has 1 atom stereocenters. The molecule has 2 amide bonds. The van der Waals surface area contributed by atoms with E-state index in [1.165, 1.54) is 12.0 Å². The van der Waals surface area contributed by atoms with E-state index in [-0.39, 0.29) is 18.4 Å². The summed E-state index contributed by atoms with van der Waals surface area (Å²) in [6.07, 6.45) is 2.09. The molecule has 1 unspecified atom stereocenters. The first-order valence-electron chi connectivity index (χ1n) is 11.2. The first-order chi connectivity index (χ1) is 16.0. The Balaban J connectivity index is 1.64. The average molecular weight is 449 g/mol. The van der Waals surface area contributed by atoms with E-state index in [1.807, 2.05) is 30.3 Å². The van der Waals surface area contributed by atoms with Gasteiger partial charge in [0.25, 0.3) is 11.8 Å². The SMILES string of the molecule is COCCOC(=O)c1ccc(N2C(=O)C(c3ccccc3)=C(N3CCCC(C)C3)C2=O)cc1. The number of esters is 1. The first kappa shape index (κ1) is 22.7. The van der Waals surface area contributed by atoms with Crippen LogP contribution >= 0.6 is 0 Å². The molecule has 0 saturated carbocycles. The van der Waals surface area contributed by atoms with E-state index in [4.69, 9.17) is 9.47 Å². The number of likely N-dealkylation sites (tertiary alicyclic amines) is 1. The predicted molar refractivity (Wildman–Crippen MR) is 124 cm³/mol. The summed E-state index contributed by atoms with van der Waals surface area (Å²) in [4.78, 5) is 42.6. The van der Waals surface area contributed by atoms with Crippen LogP contribution in [0.2, 0.25) is 0 Å². The van der Waals surface area contributed by atoms with E-state index in [9.17, 15) is 14.4 Å². The minimum absolute atomic E-state index is 0.155. The molecule has 0 spiro atoms. The van der Waals surface area contributed by atoms with Crippen molar-refractivity contribution in [3.05, 3.63) is 71.4 Å². The highest BCUT2D eigenvalue weighted by Crippen LogP contribution is 2.36. The molecule has 0 radical (unpaired) electrons. The zero-order valence-corrected chi connectivity index (χ0v) is 19.0. The Labute approximate surface area is 193 Å². The van der Waals surface area contributed by atoms with Crippen molar-refractivity contribution in [3.63, 3.8) is 0 Å². The third-order valence-corrected chi connectivity index (χ3v) is 5.98. The van der Waals surface area contributed by atoms with Crippen LogP contribution in [0.15, 0.2) is 60.3 Å². The normalized spacial score (nSPS) is 18.8. The highest BCUT2D eigenvalue weighted by molar-refractivity contribution is 6.45. The van der Waals surface area contributed by atoms with E-state index >= 15 is 0 Å². The van der Waals surface area contributed by atoms with Gasteiger partial charge in [-0.1, -0.05) is 37.3 Å². The molecule has 0 aromatic heterocycles. The summed E-state index contributed by atoms with van der Waals surface area (Å²) in [5.41, 5.74) is 2.38. The fourth-order valence-electron chi connectivity index (χ4n) is 4.35. The number of anilines is 1. The van der Waals surface area contributed by atoms with E-state index in [2.05, 4.69) is 11.8 Å². The number of methoxy groups -OCH3 is 1. The number of amides is 2. The van der Waals surface area contributed by atoms with Crippen LogP contribution in [0.5, 0.6) is 0 Å². The summed E-state index contributed by atoms with van der Waals surface area (Å²) in [5.74, 6) is -0.717. The zero-order chi connectivity index (χ0) is 23.4. The van der Waals surface area contributed by atoms with E-state index < -0.39 is 5.97 Å². The highest BCUT2D eigenvalue weighted by Gasteiger charge is 2.43. The summed E-state index contributed by atoms with van der Waals surface area (Å²) >= 11 is 0. The summed E-state index contributed by atoms with van der Waals surface area (Å²) in [6.45, 7) is 4.12. The monoisotopic (exact) mass is 448 g/mol. The van der Waals surface area contributed by atoms with Gasteiger partial charge >= 0.3 is 5.97 Å². The lowest BCUT2D eigenvalue weighted by molar-refractivity contribution is -0.120. The number of imide groups is 1. The van der Waals surface area contributed by atoms with Gasteiger partial charge in [0.15, 0.2) is 0 Å². The number of rotatable bonds is 7. The minimum Gasteiger partial charge on any atom is -0.460 e. The van der Waals surface area contributed by atoms with Crippen molar-refractivity contribution in [2.75, 3.05) is 38.3 Å². The standard InChI is InChI=1S/C26H28N2O5/c1-18-7-6-14-27(17-18)23-22(19-8-4-3-5-9-19)24(29)28(25(23)30)21-12-10-20(11-13-21)26(31)33-16-15-32-2/h3-5,8-13,18H,6-7,14-17H2,1-2H3. The Morgan fingerprint density at radius 3 is 2.39 bits per heavy atom. The van der Waals surface area contributed by atoms with Gasteiger partial charge in [0, 0.05) is 20.2 Å². The summed E-state index contributed by atoms with van der Waals surface area (Å²) < 4.78 is 10.0. The molecule has 4 rings (SSSR count). The average Bonchev–Trinajstić information content (AvgIpc) is 3.09. The lowest BCUT2D eigenvalue weighted by atomic mass is 9.98. The molecular weight excluding hydrogens is 420 g/mol. The van der Waals surface area contributed by atoms with Gasteiger partial charge in [-0.25, -0.2) is 9.69 Å². The number of piperidine rings is 1. The van der Waals surface area contributed by atoms with Crippen LogP contribution in [-0.4, -0.2) is 56.1 Å². The highest BCUT2D eigenvalue weighted by atomic mass is 16.6. The summed E-state index contributed by atoms with van der Waals surface area (Å²) in [6, 6.07) is 15.7. The van der Waals surface area contributed by atoms with Crippen molar-refractivity contribution in [2.45, 2.75) is 19.8 Å². The van der Waals surface area contributed by atoms with Gasteiger partial charge in [-0.3, -0.25) is 9.59 Å². The van der Waals surface area contributed by atoms with Crippen LogP contribution in [0.1, 0.15) is 35.7 Å². The number of ether oxygens (including phenoxy) is 2. The van der Waals surface area contributed by atoms with Crippen molar-refractivity contribution in [1.82, 2.24) is 4.90 Å². The van der Waals surface area contributed by atoms with Gasteiger partial charge in [-0.15, -0.1) is 0 Å². The van der Waals surface area contributed by atoms with Gasteiger partial charge in [0.2, 0.25) is 0 Å². The molecule has 7 heteroatoms. The van der Waals surface area contributed by atoms with Crippen LogP contribution in [-0.2, 0) is 19.1 Å². The molecule has 0 aliphatic carbocycles. The van der Waals surface area contributed by atoms with Crippen molar-refractivity contribution < 1.29 is 23.9 Å². The molecule has 172 valence electrons. The zero-order valence-electron chi connectivity index (χ0n) is 19.0. The van der Waals surface area contributed by atoms with Crippen LogP contribution in [0.3, 0.4) is 0 Å². The molecule has 2 heterocycles. The van der Waals surface area contributed by atoms with Gasteiger partial charge in [-0.2, -0.15) is 0 Å². The predicted octanol–water partition coefficient (Wildman–Crippen LogP) is 3.51. The molecule has 2 aliphatic heterocycles.